The maximum absolute atomic E-state index is 11.9. The molecule has 0 aliphatic heterocycles. The van der Waals surface area contributed by atoms with Crippen molar-refractivity contribution < 1.29 is 13.2 Å². The topological polar surface area (TPSA) is 24.9 Å². The Hall–Kier alpha value is -1.26. The van der Waals surface area contributed by atoms with E-state index in [4.69, 9.17) is 0 Å². The van der Waals surface area contributed by atoms with Crippen molar-refractivity contribution >= 4 is 5.69 Å². The molecule has 1 aromatic rings. The molecule has 5 heteroatoms. The van der Waals surface area contributed by atoms with E-state index >= 15 is 0 Å². The van der Waals surface area contributed by atoms with E-state index in [1.165, 1.54) is 6.20 Å². The predicted octanol–water partition coefficient (Wildman–Crippen LogP) is 4.73. The highest BCUT2D eigenvalue weighted by Crippen LogP contribution is 2.19. The van der Waals surface area contributed by atoms with Gasteiger partial charge in [-0.15, -0.1) is 0 Å². The maximum Gasteiger partial charge on any atom is 0.405 e. The van der Waals surface area contributed by atoms with Crippen molar-refractivity contribution in [1.29, 1.82) is 0 Å². The molecule has 2 nitrogen and oxygen atoms in total. The number of hydrogen-bond acceptors (Lipinski definition) is 2. The van der Waals surface area contributed by atoms with Crippen LogP contribution in [-0.2, 0) is 0 Å². The van der Waals surface area contributed by atoms with Gasteiger partial charge in [0.15, 0.2) is 0 Å². The van der Waals surface area contributed by atoms with Crippen molar-refractivity contribution in [2.45, 2.75) is 47.7 Å². The third-order valence-corrected chi connectivity index (χ3v) is 1.95. The van der Waals surface area contributed by atoms with Gasteiger partial charge in [0.2, 0.25) is 0 Å². The van der Waals surface area contributed by atoms with Crippen LogP contribution in [0.4, 0.5) is 18.9 Å². The lowest BCUT2D eigenvalue weighted by atomic mass is 10.1. The van der Waals surface area contributed by atoms with Gasteiger partial charge in [-0.3, -0.25) is 4.98 Å². The predicted molar refractivity (Wildman–Crippen MR) is 71.0 cm³/mol. The Morgan fingerprint density at radius 1 is 1.06 bits per heavy atom. The van der Waals surface area contributed by atoms with E-state index in [1.807, 2.05) is 27.7 Å². The minimum atomic E-state index is -4.20. The Kier molecular flexibility index (Phi) is 10.3. The zero-order valence-electron chi connectivity index (χ0n) is 11.9. The van der Waals surface area contributed by atoms with Crippen LogP contribution in [0.25, 0.3) is 0 Å². The lowest BCUT2D eigenvalue weighted by molar-refractivity contribution is -0.115. The molecule has 0 aromatic carbocycles. The SMILES string of the molecule is CC.CC.Cc1cncc(NCC(F)(F)F)c1C. The van der Waals surface area contributed by atoms with E-state index in [1.54, 1.807) is 20.0 Å². The average Bonchev–Trinajstić information content (AvgIpc) is 2.35. The molecule has 0 atom stereocenters. The molecule has 18 heavy (non-hydrogen) atoms. The van der Waals surface area contributed by atoms with Gasteiger partial charge in [-0.1, -0.05) is 27.7 Å². The van der Waals surface area contributed by atoms with Crippen molar-refractivity contribution in [2.24, 2.45) is 0 Å². The Balaban J connectivity index is 0. The quantitative estimate of drug-likeness (QED) is 0.835. The number of nitrogens with one attached hydrogen (secondary N) is 1. The van der Waals surface area contributed by atoms with Crippen LogP contribution in [0.3, 0.4) is 0 Å². The Morgan fingerprint density at radius 3 is 2.00 bits per heavy atom. The summed E-state index contributed by atoms with van der Waals surface area (Å²) in [6, 6.07) is 0. The summed E-state index contributed by atoms with van der Waals surface area (Å²) in [4.78, 5) is 3.82. The Bertz CT molecular complexity index is 323. The first kappa shape index (κ1) is 19.1. The number of hydrogen-bond donors (Lipinski definition) is 1. The van der Waals surface area contributed by atoms with Crippen LogP contribution in [0.2, 0.25) is 0 Å². The molecule has 106 valence electrons. The van der Waals surface area contributed by atoms with Crippen LogP contribution in [0.1, 0.15) is 38.8 Å². The normalized spacial score (nSPS) is 9.61. The van der Waals surface area contributed by atoms with Crippen LogP contribution in [-0.4, -0.2) is 17.7 Å². The van der Waals surface area contributed by atoms with E-state index in [-0.39, 0.29) is 0 Å². The fourth-order valence-corrected chi connectivity index (χ4v) is 1.00. The summed E-state index contributed by atoms with van der Waals surface area (Å²) in [7, 11) is 0. The number of rotatable bonds is 2. The second kappa shape index (κ2) is 9.74. The molecule has 0 saturated carbocycles. The van der Waals surface area contributed by atoms with Crippen molar-refractivity contribution in [3.63, 3.8) is 0 Å². The fraction of sp³-hybridized carbons (Fsp3) is 0.615. The highest BCUT2D eigenvalue weighted by Gasteiger charge is 2.26. The Labute approximate surface area is 108 Å². The van der Waals surface area contributed by atoms with Crippen LogP contribution in [0.5, 0.6) is 0 Å². The molecule has 1 N–H and O–H groups in total. The molecule has 0 aliphatic carbocycles. The van der Waals surface area contributed by atoms with Gasteiger partial charge in [0.05, 0.1) is 11.9 Å². The van der Waals surface area contributed by atoms with Gasteiger partial charge in [0.1, 0.15) is 6.54 Å². The second-order valence-corrected chi connectivity index (χ2v) is 3.10. The average molecular weight is 264 g/mol. The number of pyridine rings is 1. The first-order valence-electron chi connectivity index (χ1n) is 6.12. The van der Waals surface area contributed by atoms with Gasteiger partial charge in [-0.25, -0.2) is 0 Å². The van der Waals surface area contributed by atoms with E-state index in [9.17, 15) is 13.2 Å². The number of aryl methyl sites for hydroxylation is 1. The summed E-state index contributed by atoms with van der Waals surface area (Å²) in [5, 5.41) is 2.31. The number of halogens is 3. The van der Waals surface area contributed by atoms with Gasteiger partial charge in [0.25, 0.3) is 0 Å². The highest BCUT2D eigenvalue weighted by atomic mass is 19.4. The molecule has 0 radical (unpaired) electrons. The maximum atomic E-state index is 11.9. The summed E-state index contributed by atoms with van der Waals surface area (Å²) in [6.07, 6.45) is -1.18. The fourth-order valence-electron chi connectivity index (χ4n) is 1.00. The molecule has 0 aliphatic rings. The minimum absolute atomic E-state index is 0.433. The van der Waals surface area contributed by atoms with Crippen LogP contribution in [0, 0.1) is 13.8 Å². The van der Waals surface area contributed by atoms with Crippen molar-refractivity contribution in [1.82, 2.24) is 4.98 Å². The number of anilines is 1. The largest absolute Gasteiger partial charge is 0.405 e. The lowest BCUT2D eigenvalue weighted by Crippen LogP contribution is -2.21. The van der Waals surface area contributed by atoms with Gasteiger partial charge in [-0.2, -0.15) is 13.2 Å². The van der Waals surface area contributed by atoms with Crippen molar-refractivity contribution in [3.05, 3.63) is 23.5 Å². The first-order chi connectivity index (χ1) is 8.40. The number of alkyl halides is 3. The summed E-state index contributed by atoms with van der Waals surface area (Å²) in [5.74, 6) is 0. The third kappa shape index (κ3) is 7.92. The molecular weight excluding hydrogens is 241 g/mol. The van der Waals surface area contributed by atoms with Crippen LogP contribution >= 0.6 is 0 Å². The van der Waals surface area contributed by atoms with Crippen molar-refractivity contribution in [2.75, 3.05) is 11.9 Å². The van der Waals surface area contributed by atoms with E-state index in [0.29, 0.717) is 5.69 Å². The van der Waals surface area contributed by atoms with Gasteiger partial charge >= 0.3 is 6.18 Å². The molecule has 1 rings (SSSR count). The molecule has 0 unspecified atom stereocenters. The molecule has 1 aromatic heterocycles. The van der Waals surface area contributed by atoms with Gasteiger partial charge in [0, 0.05) is 6.20 Å². The summed E-state index contributed by atoms with van der Waals surface area (Å²) >= 11 is 0. The van der Waals surface area contributed by atoms with Crippen molar-refractivity contribution in [3.8, 4) is 0 Å². The van der Waals surface area contributed by atoms with E-state index in [2.05, 4.69) is 10.3 Å². The summed E-state index contributed by atoms with van der Waals surface area (Å²) in [6.45, 7) is 10.5. The zero-order chi connectivity index (χ0) is 14.8. The lowest BCUT2D eigenvalue weighted by Gasteiger charge is -2.12. The number of nitrogens with zero attached hydrogens (tertiary/aromatic N) is 1. The molecule has 0 fully saturated rings. The third-order valence-electron chi connectivity index (χ3n) is 1.95. The second-order valence-electron chi connectivity index (χ2n) is 3.10. The molecule has 0 bridgehead atoms. The Morgan fingerprint density at radius 2 is 1.56 bits per heavy atom. The monoisotopic (exact) mass is 264 g/mol. The van der Waals surface area contributed by atoms with Crippen LogP contribution < -0.4 is 5.32 Å². The molecule has 0 saturated heterocycles. The van der Waals surface area contributed by atoms with Crippen LogP contribution in [0.15, 0.2) is 12.4 Å². The molecule has 0 spiro atoms. The molecular formula is C13H23F3N2. The number of aromatic nitrogens is 1. The summed E-state index contributed by atoms with van der Waals surface area (Å²) in [5.41, 5.74) is 2.10. The standard InChI is InChI=1S/C9H11F3N2.2C2H6/c1-6-3-13-4-8(7(6)2)14-5-9(10,11)12;2*1-2/h3-4,14H,5H2,1-2H3;2*1-2H3. The highest BCUT2D eigenvalue weighted by molar-refractivity contribution is 5.51. The van der Waals surface area contributed by atoms with Gasteiger partial charge < -0.3 is 5.32 Å². The minimum Gasteiger partial charge on any atom is -0.375 e. The summed E-state index contributed by atoms with van der Waals surface area (Å²) < 4.78 is 35.7. The van der Waals surface area contributed by atoms with E-state index < -0.39 is 12.7 Å². The zero-order valence-corrected chi connectivity index (χ0v) is 11.9. The smallest absolute Gasteiger partial charge is 0.375 e. The first-order valence-corrected chi connectivity index (χ1v) is 6.12. The van der Waals surface area contributed by atoms with Gasteiger partial charge in [-0.05, 0) is 25.0 Å². The molecule has 0 amide bonds. The van der Waals surface area contributed by atoms with E-state index in [0.717, 1.165) is 11.1 Å². The molecule has 1 heterocycles.